The predicted molar refractivity (Wildman–Crippen MR) is 67.1 cm³/mol. The van der Waals surface area contributed by atoms with Gasteiger partial charge in [-0.05, 0) is 12.1 Å². The third kappa shape index (κ3) is 3.62. The molecule has 22 heavy (non-hydrogen) atoms. The van der Waals surface area contributed by atoms with E-state index in [4.69, 9.17) is 16.7 Å². The summed E-state index contributed by atoms with van der Waals surface area (Å²) < 4.78 is 85.6. The van der Waals surface area contributed by atoms with Gasteiger partial charge in [0.25, 0.3) is 0 Å². The van der Waals surface area contributed by atoms with E-state index in [0.29, 0.717) is 18.4 Å². The summed E-state index contributed by atoms with van der Waals surface area (Å²) in [5.74, 6) is -3.15. The monoisotopic (exact) mass is 382 g/mol. The van der Waals surface area contributed by atoms with E-state index >= 15 is 0 Å². The highest BCUT2D eigenvalue weighted by atomic mass is 35.5. The molecule has 1 aromatic rings. The Balaban J connectivity index is 3.70. The van der Waals surface area contributed by atoms with Crippen molar-refractivity contribution < 1.29 is 44.1 Å². The summed E-state index contributed by atoms with van der Waals surface area (Å²) >= 11 is 5.47. The van der Waals surface area contributed by atoms with Gasteiger partial charge in [0.1, 0.15) is 9.92 Å². The van der Waals surface area contributed by atoms with Crippen LogP contribution in [0.3, 0.4) is 0 Å². The van der Waals surface area contributed by atoms with Crippen molar-refractivity contribution in [3.8, 4) is 5.75 Å². The van der Waals surface area contributed by atoms with Gasteiger partial charge >= 0.3 is 21.6 Å². The van der Waals surface area contributed by atoms with E-state index in [0.717, 1.165) is 0 Å². The van der Waals surface area contributed by atoms with E-state index in [2.05, 4.69) is 4.18 Å². The lowest BCUT2D eigenvalue weighted by Crippen LogP contribution is -2.28. The number of benzene rings is 1. The van der Waals surface area contributed by atoms with Gasteiger partial charge in [-0.3, -0.25) is 0 Å². The lowest BCUT2D eigenvalue weighted by molar-refractivity contribution is -0.0500. The van der Waals surface area contributed by atoms with Crippen molar-refractivity contribution in [1.82, 2.24) is 0 Å². The lowest BCUT2D eigenvalue weighted by atomic mass is 10.2. The van der Waals surface area contributed by atoms with Crippen LogP contribution in [0.2, 0.25) is 5.02 Å². The Morgan fingerprint density at radius 3 is 2.09 bits per heavy atom. The van der Waals surface area contributed by atoms with Crippen LogP contribution < -0.4 is 4.18 Å². The molecule has 13 heteroatoms. The van der Waals surface area contributed by atoms with Gasteiger partial charge in [0.05, 0.1) is 5.56 Å². The van der Waals surface area contributed by atoms with Gasteiger partial charge < -0.3 is 9.29 Å². The normalized spacial score (nSPS) is 13.0. The molecule has 0 atom stereocenters. The number of sulfone groups is 1. The van der Waals surface area contributed by atoms with Crippen molar-refractivity contribution in [1.29, 1.82) is 0 Å². The average molecular weight is 383 g/mol. The molecule has 0 saturated carbocycles. The second kappa shape index (κ2) is 5.59. The second-order valence-electron chi connectivity index (χ2n) is 3.81. The van der Waals surface area contributed by atoms with Gasteiger partial charge in [0.15, 0.2) is 15.6 Å². The van der Waals surface area contributed by atoms with E-state index in [1.807, 2.05) is 0 Å². The zero-order valence-electron chi connectivity index (χ0n) is 10.4. The number of carboxylic acid groups (broad SMARTS) is 1. The molecule has 124 valence electrons. The third-order valence-electron chi connectivity index (χ3n) is 2.17. The first kappa shape index (κ1) is 18.5. The Bertz CT molecular complexity index is 828. The molecular formula is C9H6ClF3O7S2. The molecule has 0 radical (unpaired) electrons. The highest BCUT2D eigenvalue weighted by molar-refractivity contribution is 7.91. The summed E-state index contributed by atoms with van der Waals surface area (Å²) in [5.41, 5.74) is -6.69. The first-order valence-corrected chi connectivity index (χ1v) is 8.63. The fraction of sp³-hybridized carbons (Fsp3) is 0.222. The van der Waals surface area contributed by atoms with Crippen molar-refractivity contribution in [3.05, 3.63) is 22.7 Å². The van der Waals surface area contributed by atoms with Gasteiger partial charge in [-0.15, -0.1) is 0 Å². The molecule has 0 unspecified atom stereocenters. The Hall–Kier alpha value is -1.53. The van der Waals surface area contributed by atoms with E-state index in [1.54, 1.807) is 0 Å². The number of alkyl halides is 3. The van der Waals surface area contributed by atoms with Crippen LogP contribution in [0.4, 0.5) is 13.2 Å². The molecule has 0 aliphatic heterocycles. The predicted octanol–water partition coefficient (Wildman–Crippen LogP) is 1.67. The Morgan fingerprint density at radius 1 is 1.23 bits per heavy atom. The van der Waals surface area contributed by atoms with Crippen LogP contribution in [-0.2, 0) is 20.0 Å². The van der Waals surface area contributed by atoms with Crippen LogP contribution in [0, 0.1) is 0 Å². The van der Waals surface area contributed by atoms with Crippen molar-refractivity contribution in [2.75, 3.05) is 6.26 Å². The van der Waals surface area contributed by atoms with Gasteiger partial charge in [0.2, 0.25) is 0 Å². The van der Waals surface area contributed by atoms with Gasteiger partial charge in [-0.2, -0.15) is 21.6 Å². The Morgan fingerprint density at radius 2 is 1.73 bits per heavy atom. The van der Waals surface area contributed by atoms with E-state index in [-0.39, 0.29) is 0 Å². The summed E-state index contributed by atoms with van der Waals surface area (Å²) in [6, 6.07) is 1.26. The third-order valence-corrected chi connectivity index (χ3v) is 4.62. The van der Waals surface area contributed by atoms with Crippen LogP contribution in [0.15, 0.2) is 17.0 Å². The standard InChI is InChI=1S/C9H6ClF3O7S2/c1-21(16,17)5-3-2-4(8(14)15)6(10)7(5)20-22(18,19)9(11,12)13/h2-3H,1H3,(H,14,15). The highest BCUT2D eigenvalue weighted by Crippen LogP contribution is 2.38. The molecule has 7 nitrogen and oxygen atoms in total. The van der Waals surface area contributed by atoms with Crippen molar-refractivity contribution in [2.24, 2.45) is 0 Å². The minimum atomic E-state index is -6.24. The molecule has 0 amide bonds. The maximum atomic E-state index is 12.3. The number of carbonyl (C=O) groups is 1. The molecule has 0 aliphatic rings. The number of halogens is 4. The molecule has 0 heterocycles. The Kier molecular flexibility index (Phi) is 4.71. The molecule has 1 rings (SSSR count). The average Bonchev–Trinajstić information content (AvgIpc) is 2.27. The maximum Gasteiger partial charge on any atom is 0.534 e. The molecule has 0 fully saturated rings. The van der Waals surface area contributed by atoms with Crippen LogP contribution in [-0.4, -0.2) is 39.7 Å². The fourth-order valence-electron chi connectivity index (χ4n) is 1.23. The van der Waals surface area contributed by atoms with Crippen molar-refractivity contribution in [2.45, 2.75) is 10.4 Å². The van der Waals surface area contributed by atoms with Crippen LogP contribution in [0.5, 0.6) is 5.75 Å². The van der Waals surface area contributed by atoms with E-state index in [9.17, 15) is 34.8 Å². The topological polar surface area (TPSA) is 115 Å². The quantitative estimate of drug-likeness (QED) is 0.622. The summed E-state index contributed by atoms with van der Waals surface area (Å²) in [6.45, 7) is 0. The van der Waals surface area contributed by atoms with Gasteiger partial charge in [-0.25, -0.2) is 13.2 Å². The summed E-state index contributed by atoms with van der Waals surface area (Å²) in [4.78, 5) is 9.83. The van der Waals surface area contributed by atoms with Gasteiger partial charge in [0, 0.05) is 6.26 Å². The lowest BCUT2D eigenvalue weighted by Gasteiger charge is -2.14. The number of hydrogen-bond acceptors (Lipinski definition) is 6. The number of hydrogen-bond donors (Lipinski definition) is 1. The first-order chi connectivity index (χ1) is 9.68. The minimum absolute atomic E-state index is 0.548. The van der Waals surface area contributed by atoms with E-state index < -0.39 is 52.7 Å². The van der Waals surface area contributed by atoms with Crippen LogP contribution >= 0.6 is 11.6 Å². The summed E-state index contributed by atoms with van der Waals surface area (Å²) in [6.07, 6.45) is 0.548. The van der Waals surface area contributed by atoms with Crippen LogP contribution in [0.25, 0.3) is 0 Å². The Labute approximate surface area is 127 Å². The largest absolute Gasteiger partial charge is 0.534 e. The number of aromatic carboxylic acids is 1. The zero-order chi connectivity index (χ0) is 17.5. The molecular weight excluding hydrogens is 377 g/mol. The summed E-state index contributed by atoms with van der Waals surface area (Å²) in [7, 11) is -10.5. The SMILES string of the molecule is CS(=O)(=O)c1ccc(C(=O)O)c(Cl)c1OS(=O)(=O)C(F)(F)F. The molecule has 0 aromatic heterocycles. The molecule has 0 saturated heterocycles. The molecule has 1 N–H and O–H groups in total. The molecule has 0 bridgehead atoms. The maximum absolute atomic E-state index is 12.3. The highest BCUT2D eigenvalue weighted by Gasteiger charge is 2.49. The second-order valence-corrected chi connectivity index (χ2v) is 7.71. The van der Waals surface area contributed by atoms with E-state index in [1.165, 1.54) is 0 Å². The minimum Gasteiger partial charge on any atom is -0.478 e. The molecule has 0 spiro atoms. The smallest absolute Gasteiger partial charge is 0.478 e. The number of rotatable bonds is 4. The van der Waals surface area contributed by atoms with Crippen molar-refractivity contribution >= 4 is 37.5 Å². The summed E-state index contributed by atoms with van der Waals surface area (Å²) in [5, 5.41) is 7.69. The molecule has 0 aliphatic carbocycles. The fourth-order valence-corrected chi connectivity index (χ4v) is 2.95. The molecule has 1 aromatic carbocycles. The van der Waals surface area contributed by atoms with Crippen molar-refractivity contribution in [3.63, 3.8) is 0 Å². The van der Waals surface area contributed by atoms with Gasteiger partial charge in [-0.1, -0.05) is 11.6 Å². The first-order valence-electron chi connectivity index (χ1n) is 4.95. The number of carboxylic acids is 1. The zero-order valence-corrected chi connectivity index (χ0v) is 12.8. The van der Waals surface area contributed by atoms with Crippen LogP contribution in [0.1, 0.15) is 10.4 Å².